The highest BCUT2D eigenvalue weighted by molar-refractivity contribution is 6.36. The fourth-order valence-electron chi connectivity index (χ4n) is 6.84. The van der Waals surface area contributed by atoms with Crippen molar-refractivity contribution in [2.45, 2.75) is 128 Å². The van der Waals surface area contributed by atoms with Crippen LogP contribution in [0.2, 0.25) is 0 Å². The summed E-state index contributed by atoms with van der Waals surface area (Å²) in [5, 5.41) is 5.66. The van der Waals surface area contributed by atoms with Crippen LogP contribution in [-0.2, 0) is 35.3 Å². The normalized spacial score (nSPS) is 23.3. The van der Waals surface area contributed by atoms with Crippen molar-refractivity contribution >= 4 is 29.7 Å². The predicted octanol–water partition coefficient (Wildman–Crippen LogP) is 4.44. The summed E-state index contributed by atoms with van der Waals surface area (Å²) in [4.78, 5) is 68.3. The molecule has 10 heteroatoms. The van der Waals surface area contributed by atoms with E-state index < -0.39 is 47.5 Å². The Kier molecular flexibility index (Phi) is 10.8. The maximum atomic E-state index is 14.3. The van der Waals surface area contributed by atoms with Gasteiger partial charge in [-0.05, 0) is 76.7 Å². The summed E-state index contributed by atoms with van der Waals surface area (Å²) >= 11 is 0. The van der Waals surface area contributed by atoms with Crippen molar-refractivity contribution in [1.82, 2.24) is 15.5 Å². The van der Waals surface area contributed by atoms with E-state index in [0.29, 0.717) is 12.8 Å². The molecule has 5 atom stereocenters. The van der Waals surface area contributed by atoms with Gasteiger partial charge in [-0.2, -0.15) is 0 Å². The molecule has 1 saturated heterocycles. The van der Waals surface area contributed by atoms with Gasteiger partial charge in [-0.25, -0.2) is 9.59 Å². The number of fused-ring (bicyclic) bond motifs is 2. The van der Waals surface area contributed by atoms with E-state index in [4.69, 9.17) is 9.47 Å². The highest BCUT2D eigenvalue weighted by Gasteiger charge is 2.53. The molecular formula is C33H47N3O7. The Hall–Kier alpha value is -3.43. The van der Waals surface area contributed by atoms with Crippen molar-refractivity contribution in [3.63, 3.8) is 0 Å². The molecule has 0 radical (unpaired) electrons. The fraction of sp³-hybridized carbons (Fsp3) is 0.667. The van der Waals surface area contributed by atoms with E-state index in [1.807, 2.05) is 25.1 Å². The average Bonchev–Trinajstić information content (AvgIpc) is 3.60. The standard InChI is InChI=1S/C33H47N3O7/c1-5-12-25(28(37)31(40)42-20-21-13-8-6-9-14-21)34-29(38)27-23-17-18-24(19-23)36(27)30(39)26(22-15-10-7-11-16-22)35-32(41)43-33(2,3)4/h6,8-9,13-14,22-27H,5,7,10-12,15-20H2,1-4H3,(H,34,38)(H,35,41). The topological polar surface area (TPSA) is 131 Å². The van der Waals surface area contributed by atoms with Gasteiger partial charge < -0.3 is 25.0 Å². The van der Waals surface area contributed by atoms with Gasteiger partial charge >= 0.3 is 12.1 Å². The van der Waals surface area contributed by atoms with Gasteiger partial charge in [0.25, 0.3) is 5.78 Å². The number of piperidine rings is 1. The third kappa shape index (κ3) is 8.36. The van der Waals surface area contributed by atoms with Crippen LogP contribution in [0.5, 0.6) is 0 Å². The van der Waals surface area contributed by atoms with E-state index in [-0.39, 0.29) is 36.8 Å². The van der Waals surface area contributed by atoms with Gasteiger partial charge in [0.15, 0.2) is 0 Å². The zero-order valence-electron chi connectivity index (χ0n) is 25.9. The molecule has 2 aliphatic carbocycles. The van der Waals surface area contributed by atoms with E-state index in [0.717, 1.165) is 50.5 Å². The summed E-state index contributed by atoms with van der Waals surface area (Å²) < 4.78 is 10.7. The van der Waals surface area contributed by atoms with E-state index >= 15 is 0 Å². The molecule has 2 saturated carbocycles. The number of Topliss-reactive ketones (excluding diaryl/α,β-unsaturated/α-hetero) is 1. The molecule has 236 valence electrons. The first-order valence-corrected chi connectivity index (χ1v) is 15.9. The quantitative estimate of drug-likeness (QED) is 0.285. The Morgan fingerprint density at radius 2 is 1.65 bits per heavy atom. The smallest absolute Gasteiger partial charge is 0.408 e. The van der Waals surface area contributed by atoms with Gasteiger partial charge in [0.05, 0.1) is 6.04 Å². The zero-order chi connectivity index (χ0) is 31.1. The first-order valence-electron chi connectivity index (χ1n) is 15.9. The van der Waals surface area contributed by atoms with Crippen LogP contribution in [0.4, 0.5) is 4.79 Å². The second kappa shape index (κ2) is 14.4. The third-order valence-corrected chi connectivity index (χ3v) is 8.79. The summed E-state index contributed by atoms with van der Waals surface area (Å²) in [6, 6.07) is 6.32. The lowest BCUT2D eigenvalue weighted by molar-refractivity contribution is -0.156. The number of benzene rings is 1. The van der Waals surface area contributed by atoms with Gasteiger partial charge in [-0.1, -0.05) is 62.9 Å². The first kappa shape index (κ1) is 32.5. The van der Waals surface area contributed by atoms with Gasteiger partial charge in [0.1, 0.15) is 24.3 Å². The van der Waals surface area contributed by atoms with Crippen LogP contribution in [0.25, 0.3) is 0 Å². The summed E-state index contributed by atoms with van der Waals surface area (Å²) in [5.74, 6) is -2.62. The Morgan fingerprint density at radius 3 is 2.30 bits per heavy atom. The van der Waals surface area contributed by atoms with Crippen LogP contribution >= 0.6 is 0 Å². The van der Waals surface area contributed by atoms with Crippen molar-refractivity contribution in [3.05, 3.63) is 35.9 Å². The molecule has 3 aliphatic rings. The molecule has 5 unspecified atom stereocenters. The Morgan fingerprint density at radius 1 is 0.953 bits per heavy atom. The van der Waals surface area contributed by atoms with Crippen LogP contribution < -0.4 is 10.6 Å². The van der Waals surface area contributed by atoms with Gasteiger partial charge in [-0.15, -0.1) is 0 Å². The lowest BCUT2D eigenvalue weighted by atomic mass is 9.83. The second-order valence-electron chi connectivity index (χ2n) is 13.2. The molecule has 3 amide bonds. The van der Waals surface area contributed by atoms with E-state index in [1.165, 1.54) is 0 Å². The number of hydrogen-bond acceptors (Lipinski definition) is 7. The Bertz CT molecular complexity index is 1160. The maximum absolute atomic E-state index is 14.3. The number of nitrogens with one attached hydrogen (secondary N) is 2. The molecule has 3 fully saturated rings. The van der Waals surface area contributed by atoms with E-state index in [1.54, 1.807) is 37.8 Å². The summed E-state index contributed by atoms with van der Waals surface area (Å²) in [7, 11) is 0. The minimum absolute atomic E-state index is 0.0416. The summed E-state index contributed by atoms with van der Waals surface area (Å²) in [6.07, 6.45) is 7.11. The van der Waals surface area contributed by atoms with Crippen molar-refractivity contribution in [2.75, 3.05) is 0 Å². The zero-order valence-corrected chi connectivity index (χ0v) is 25.9. The number of likely N-dealkylation sites (tertiary alicyclic amines) is 1. The summed E-state index contributed by atoms with van der Waals surface area (Å²) in [6.45, 7) is 7.14. The fourth-order valence-corrected chi connectivity index (χ4v) is 6.84. The highest BCUT2D eigenvalue weighted by Crippen LogP contribution is 2.43. The molecule has 1 aromatic carbocycles. The molecule has 4 rings (SSSR count). The second-order valence-corrected chi connectivity index (χ2v) is 13.2. The van der Waals surface area contributed by atoms with Gasteiger partial charge in [-0.3, -0.25) is 14.4 Å². The van der Waals surface area contributed by atoms with Crippen LogP contribution in [-0.4, -0.2) is 64.3 Å². The molecule has 2 N–H and O–H groups in total. The van der Waals surface area contributed by atoms with Crippen molar-refractivity contribution in [3.8, 4) is 0 Å². The summed E-state index contributed by atoms with van der Waals surface area (Å²) in [5.41, 5.74) is 0.0333. The Balaban J connectivity index is 1.48. The number of hydrogen-bond donors (Lipinski definition) is 2. The van der Waals surface area contributed by atoms with Gasteiger partial charge in [0, 0.05) is 6.04 Å². The molecule has 1 aromatic rings. The minimum Gasteiger partial charge on any atom is -0.455 e. The van der Waals surface area contributed by atoms with Crippen molar-refractivity contribution in [2.24, 2.45) is 11.8 Å². The number of carbonyl (C=O) groups excluding carboxylic acids is 5. The number of nitrogens with zero attached hydrogens (tertiary/aromatic N) is 1. The largest absolute Gasteiger partial charge is 0.455 e. The SMILES string of the molecule is CCCC(NC(=O)C1C2CCC(C2)N1C(=O)C(NC(=O)OC(C)(C)C)C1CCCCC1)C(=O)C(=O)OCc1ccccc1. The maximum Gasteiger partial charge on any atom is 0.408 e. The molecule has 1 heterocycles. The molecule has 10 nitrogen and oxygen atoms in total. The number of amides is 3. The Labute approximate surface area is 254 Å². The lowest BCUT2D eigenvalue weighted by Crippen LogP contribution is -2.61. The number of carbonyl (C=O) groups is 5. The molecular weight excluding hydrogens is 550 g/mol. The van der Waals surface area contributed by atoms with Crippen molar-refractivity contribution in [1.29, 1.82) is 0 Å². The molecule has 2 bridgehead atoms. The first-order chi connectivity index (χ1) is 20.5. The van der Waals surface area contributed by atoms with Crippen LogP contribution in [0.1, 0.15) is 97.5 Å². The van der Waals surface area contributed by atoms with Gasteiger partial charge in [0.2, 0.25) is 11.8 Å². The molecule has 1 aliphatic heterocycles. The number of rotatable bonds is 11. The number of alkyl carbamates (subject to hydrolysis) is 1. The van der Waals surface area contributed by atoms with Crippen LogP contribution in [0.15, 0.2) is 30.3 Å². The van der Waals surface area contributed by atoms with E-state index in [2.05, 4.69) is 10.6 Å². The minimum atomic E-state index is -1.05. The third-order valence-electron chi connectivity index (χ3n) is 8.79. The highest BCUT2D eigenvalue weighted by atomic mass is 16.6. The van der Waals surface area contributed by atoms with E-state index in [9.17, 15) is 24.0 Å². The van der Waals surface area contributed by atoms with Crippen LogP contribution in [0.3, 0.4) is 0 Å². The van der Waals surface area contributed by atoms with Crippen molar-refractivity contribution < 1.29 is 33.4 Å². The number of ketones is 1. The lowest BCUT2D eigenvalue weighted by Gasteiger charge is -2.40. The average molecular weight is 598 g/mol. The number of ether oxygens (including phenoxy) is 2. The van der Waals surface area contributed by atoms with Crippen LogP contribution in [0, 0.1) is 11.8 Å². The predicted molar refractivity (Wildman–Crippen MR) is 160 cm³/mol. The molecule has 43 heavy (non-hydrogen) atoms. The number of esters is 1. The molecule has 0 spiro atoms. The molecule has 0 aromatic heterocycles. The monoisotopic (exact) mass is 597 g/mol.